The molecule has 1 aliphatic rings. The first kappa shape index (κ1) is 18.1. The van der Waals surface area contributed by atoms with Crippen molar-refractivity contribution < 1.29 is 32.7 Å². The average Bonchev–Trinajstić information content (AvgIpc) is 3.17. The third kappa shape index (κ3) is 3.76. The molecule has 10 heteroatoms. The summed E-state index contributed by atoms with van der Waals surface area (Å²) >= 11 is 0.735. The number of carbonyl (C=O) groups excluding carboxylic acids is 1. The normalized spacial score (nSPS) is 17.8. The molecule has 7 nitrogen and oxygen atoms in total. The van der Waals surface area contributed by atoms with Gasteiger partial charge in [0.2, 0.25) is 11.4 Å². The number of rotatable bonds is 5. The molecule has 3 rings (SSSR count). The highest BCUT2D eigenvalue weighted by Gasteiger charge is 2.29. The molecule has 0 spiro atoms. The lowest BCUT2D eigenvalue weighted by molar-refractivity contribution is -0.109. The van der Waals surface area contributed by atoms with Crippen molar-refractivity contribution in [2.45, 2.75) is 25.1 Å². The minimum Gasteiger partial charge on any atom is -0.377 e. The molecule has 1 aliphatic heterocycles. The fourth-order valence-electron chi connectivity index (χ4n) is 2.47. The number of hydrogen-bond donors (Lipinski definition) is 2. The molecular weight excluding hydrogens is 358 g/mol. The number of fused-ring (bicyclic) bond motifs is 1. The van der Waals surface area contributed by atoms with Crippen LogP contribution in [0.15, 0.2) is 10.6 Å². The number of thioether (sulfide) groups is 1. The molecule has 0 bridgehead atoms. The van der Waals surface area contributed by atoms with Gasteiger partial charge in [-0.25, -0.2) is 4.39 Å². The van der Waals surface area contributed by atoms with E-state index in [1.807, 2.05) is 0 Å². The Bertz CT molecular complexity index is 805. The van der Waals surface area contributed by atoms with Gasteiger partial charge in [0.1, 0.15) is 4.93 Å². The van der Waals surface area contributed by atoms with Crippen molar-refractivity contribution >= 4 is 33.7 Å². The highest BCUT2D eigenvalue weighted by atomic mass is 32.2. The second-order valence-corrected chi connectivity index (χ2v) is 7.36. The second kappa shape index (κ2) is 6.87. The molecule has 0 unspecified atom stereocenters. The fourth-order valence-corrected chi connectivity index (χ4v) is 3.23. The monoisotopic (exact) mass is 374 g/mol. The summed E-state index contributed by atoms with van der Waals surface area (Å²) in [5.74, 6) is -2.21. The molecular formula is C15H16F2N2O5S. The van der Waals surface area contributed by atoms with Gasteiger partial charge in [-0.1, -0.05) is 16.9 Å². The number of nitrogens with one attached hydrogen (secondary N) is 1. The molecule has 25 heavy (non-hydrogen) atoms. The zero-order valence-corrected chi connectivity index (χ0v) is 14.3. The zero-order valence-electron chi connectivity index (χ0n) is 13.5. The smallest absolute Gasteiger partial charge is 0.207 e. The van der Waals surface area contributed by atoms with E-state index < -0.39 is 22.9 Å². The Morgan fingerprint density at radius 1 is 1.44 bits per heavy atom. The molecule has 1 aromatic heterocycles. The van der Waals surface area contributed by atoms with Crippen molar-refractivity contribution in [2.75, 3.05) is 25.1 Å². The summed E-state index contributed by atoms with van der Waals surface area (Å²) in [5, 5.41) is 16.5. The van der Waals surface area contributed by atoms with Crippen LogP contribution in [0.1, 0.15) is 25.7 Å². The maximum absolute atomic E-state index is 14.2. The molecule has 0 amide bonds. The number of carbonyl (C=O) groups is 1. The van der Waals surface area contributed by atoms with Crippen molar-refractivity contribution in [3.05, 3.63) is 23.3 Å². The van der Waals surface area contributed by atoms with E-state index in [-0.39, 0.29) is 47.2 Å². The van der Waals surface area contributed by atoms with Crippen LogP contribution >= 0.6 is 11.8 Å². The summed E-state index contributed by atoms with van der Waals surface area (Å²) in [6.45, 7) is 3.27. The largest absolute Gasteiger partial charge is 0.377 e. The number of hydrogen-bond acceptors (Lipinski definition) is 8. The first-order valence-corrected chi connectivity index (χ1v) is 8.26. The predicted octanol–water partition coefficient (Wildman–Crippen LogP) is 2.55. The van der Waals surface area contributed by atoms with Crippen LogP contribution in [0.3, 0.4) is 0 Å². The summed E-state index contributed by atoms with van der Waals surface area (Å²) < 4.78 is 43.7. The second-order valence-electron chi connectivity index (χ2n) is 5.70. The Hall–Kier alpha value is -1.75. The first-order valence-electron chi connectivity index (χ1n) is 7.45. The molecule has 1 aromatic carbocycles. The SMILES string of the molecule is CC(=O)S[C@@](C)(O)CNc1noc2c(F)c(F)c(C3OCCO3)cc12. The van der Waals surface area contributed by atoms with Gasteiger partial charge in [-0.2, -0.15) is 4.39 Å². The van der Waals surface area contributed by atoms with Gasteiger partial charge in [-0.05, 0) is 13.0 Å². The van der Waals surface area contributed by atoms with E-state index in [0.29, 0.717) is 0 Å². The molecule has 0 radical (unpaired) electrons. The van der Waals surface area contributed by atoms with Gasteiger partial charge in [0, 0.05) is 12.5 Å². The van der Waals surface area contributed by atoms with E-state index in [1.54, 1.807) is 0 Å². The Balaban J connectivity index is 1.90. The zero-order chi connectivity index (χ0) is 18.2. The van der Waals surface area contributed by atoms with Gasteiger partial charge in [-0.3, -0.25) is 4.79 Å². The highest BCUT2D eigenvalue weighted by Crippen LogP contribution is 2.35. The van der Waals surface area contributed by atoms with Crippen molar-refractivity contribution in [1.82, 2.24) is 5.16 Å². The number of nitrogens with zero attached hydrogens (tertiary/aromatic N) is 1. The standard InChI is InChI=1S/C15H16F2N2O5S/c1-7(20)25-15(2,21)6-18-13-9-5-8(14-22-3-4-23-14)10(16)11(17)12(9)24-19-13/h5,14,21H,3-4,6H2,1-2H3,(H,18,19)/t15-/m1/s1. The van der Waals surface area contributed by atoms with E-state index in [4.69, 9.17) is 14.0 Å². The molecule has 1 atom stereocenters. The van der Waals surface area contributed by atoms with Crippen LogP contribution in [0.25, 0.3) is 11.0 Å². The molecule has 2 N–H and O–H groups in total. The number of ether oxygens (including phenoxy) is 2. The Morgan fingerprint density at radius 2 is 2.12 bits per heavy atom. The van der Waals surface area contributed by atoms with Crippen LogP contribution < -0.4 is 5.32 Å². The van der Waals surface area contributed by atoms with Crippen LogP contribution in [-0.2, 0) is 14.3 Å². The Labute approximate surface area is 145 Å². The summed E-state index contributed by atoms with van der Waals surface area (Å²) in [7, 11) is 0. The van der Waals surface area contributed by atoms with Crippen LogP contribution in [0.2, 0.25) is 0 Å². The highest BCUT2D eigenvalue weighted by molar-refractivity contribution is 8.14. The quantitative estimate of drug-likeness (QED) is 0.772. The van der Waals surface area contributed by atoms with E-state index in [2.05, 4.69) is 10.5 Å². The van der Waals surface area contributed by atoms with Crippen molar-refractivity contribution in [3.63, 3.8) is 0 Å². The average molecular weight is 374 g/mol. The van der Waals surface area contributed by atoms with Crippen LogP contribution in [-0.4, -0.2) is 40.1 Å². The summed E-state index contributed by atoms with van der Waals surface area (Å²) in [6, 6.07) is 1.33. The summed E-state index contributed by atoms with van der Waals surface area (Å²) in [4.78, 5) is 9.72. The van der Waals surface area contributed by atoms with Crippen LogP contribution in [0.4, 0.5) is 14.6 Å². The Morgan fingerprint density at radius 3 is 2.76 bits per heavy atom. The Kier molecular flexibility index (Phi) is 4.96. The lowest BCUT2D eigenvalue weighted by Gasteiger charge is -2.21. The third-order valence-electron chi connectivity index (χ3n) is 3.50. The lowest BCUT2D eigenvalue weighted by atomic mass is 10.1. The van der Waals surface area contributed by atoms with E-state index in [9.17, 15) is 18.7 Å². The fraction of sp³-hybridized carbons (Fsp3) is 0.467. The number of anilines is 1. The summed E-state index contributed by atoms with van der Waals surface area (Å²) in [6.07, 6.45) is -1.00. The van der Waals surface area contributed by atoms with Crippen molar-refractivity contribution in [1.29, 1.82) is 0 Å². The topological polar surface area (TPSA) is 93.8 Å². The van der Waals surface area contributed by atoms with Crippen LogP contribution in [0, 0.1) is 11.6 Å². The minimum absolute atomic E-state index is 0.0658. The number of aliphatic hydroxyl groups is 1. The third-order valence-corrected chi connectivity index (χ3v) is 4.37. The number of aromatic nitrogens is 1. The van der Waals surface area contributed by atoms with Gasteiger partial charge in [0.25, 0.3) is 0 Å². The minimum atomic E-state index is -1.41. The maximum atomic E-state index is 14.2. The predicted molar refractivity (Wildman–Crippen MR) is 86.0 cm³/mol. The van der Waals surface area contributed by atoms with Gasteiger partial charge >= 0.3 is 0 Å². The molecule has 2 aromatic rings. The van der Waals surface area contributed by atoms with Gasteiger partial charge in [0.05, 0.1) is 25.1 Å². The van der Waals surface area contributed by atoms with E-state index >= 15 is 0 Å². The molecule has 136 valence electrons. The maximum Gasteiger partial charge on any atom is 0.207 e. The van der Waals surface area contributed by atoms with Gasteiger partial charge in [-0.15, -0.1) is 0 Å². The lowest BCUT2D eigenvalue weighted by Crippen LogP contribution is -2.30. The molecule has 2 heterocycles. The van der Waals surface area contributed by atoms with Crippen molar-refractivity contribution in [3.8, 4) is 0 Å². The first-order chi connectivity index (χ1) is 11.8. The molecule has 1 saturated heterocycles. The summed E-state index contributed by atoms with van der Waals surface area (Å²) in [5.41, 5.74) is -0.459. The number of halogens is 2. The number of benzene rings is 1. The van der Waals surface area contributed by atoms with E-state index in [1.165, 1.54) is 19.9 Å². The molecule has 0 saturated carbocycles. The molecule has 1 fully saturated rings. The molecule has 0 aliphatic carbocycles. The van der Waals surface area contributed by atoms with Gasteiger partial charge < -0.3 is 24.4 Å². The van der Waals surface area contributed by atoms with Gasteiger partial charge in [0.15, 0.2) is 23.0 Å². The van der Waals surface area contributed by atoms with Crippen LogP contribution in [0.5, 0.6) is 0 Å². The van der Waals surface area contributed by atoms with Crippen molar-refractivity contribution in [2.24, 2.45) is 0 Å². The van der Waals surface area contributed by atoms with E-state index in [0.717, 1.165) is 11.8 Å².